The predicted octanol–water partition coefficient (Wildman–Crippen LogP) is 1.61. The lowest BCUT2D eigenvalue weighted by atomic mass is 9.95. The SMILES string of the molecule is CC1(C)CS(=O)(=O)N(c2ccc(S(=O)(=O)NC3CCCC3)cc2)C1=O. The van der Waals surface area contributed by atoms with E-state index >= 15 is 0 Å². The van der Waals surface area contributed by atoms with Crippen molar-refractivity contribution in [1.29, 1.82) is 0 Å². The Kier molecular flexibility index (Phi) is 4.45. The smallest absolute Gasteiger partial charge is 0.247 e. The summed E-state index contributed by atoms with van der Waals surface area (Å²) in [5.41, 5.74) is -0.830. The summed E-state index contributed by atoms with van der Waals surface area (Å²) >= 11 is 0. The van der Waals surface area contributed by atoms with Gasteiger partial charge < -0.3 is 0 Å². The molecule has 2 fully saturated rings. The summed E-state index contributed by atoms with van der Waals surface area (Å²) in [4.78, 5) is 12.4. The van der Waals surface area contributed by atoms with Gasteiger partial charge in [-0.05, 0) is 51.0 Å². The van der Waals surface area contributed by atoms with Crippen molar-refractivity contribution >= 4 is 31.6 Å². The van der Waals surface area contributed by atoms with Crippen LogP contribution >= 0.6 is 0 Å². The first kappa shape index (κ1) is 18.3. The van der Waals surface area contributed by atoms with E-state index in [0.717, 1.165) is 30.0 Å². The number of rotatable bonds is 4. The highest BCUT2D eigenvalue weighted by Gasteiger charge is 2.49. The molecule has 0 aromatic heterocycles. The zero-order chi connectivity index (χ0) is 18.5. The van der Waals surface area contributed by atoms with Crippen molar-refractivity contribution in [2.45, 2.75) is 50.5 Å². The second kappa shape index (κ2) is 6.07. The molecule has 1 heterocycles. The average Bonchev–Trinajstić information content (AvgIpc) is 3.03. The molecule has 138 valence electrons. The molecule has 1 amide bonds. The molecule has 0 radical (unpaired) electrons. The summed E-state index contributed by atoms with van der Waals surface area (Å²) in [5.74, 6) is -0.769. The Morgan fingerprint density at radius 2 is 1.68 bits per heavy atom. The van der Waals surface area contributed by atoms with Gasteiger partial charge in [0.15, 0.2) is 0 Å². The van der Waals surface area contributed by atoms with Crippen LogP contribution in [-0.2, 0) is 24.8 Å². The molecule has 1 aromatic carbocycles. The molecule has 1 aliphatic heterocycles. The monoisotopic (exact) mass is 386 g/mol. The van der Waals surface area contributed by atoms with E-state index in [1.807, 2.05) is 0 Å². The summed E-state index contributed by atoms with van der Waals surface area (Å²) in [6.07, 6.45) is 3.67. The Labute approximate surface area is 148 Å². The van der Waals surface area contributed by atoms with E-state index in [1.165, 1.54) is 24.3 Å². The van der Waals surface area contributed by atoms with Crippen molar-refractivity contribution in [2.75, 3.05) is 10.1 Å². The standard InChI is InChI=1S/C16H22N2O5S2/c1-16(2)11-24(20,21)18(15(16)19)13-7-9-14(10-8-13)25(22,23)17-12-5-3-4-6-12/h7-10,12,17H,3-6,11H2,1-2H3. The molecule has 3 rings (SSSR count). The first-order valence-corrected chi connectivity index (χ1v) is 11.3. The van der Waals surface area contributed by atoms with E-state index in [0.29, 0.717) is 0 Å². The third kappa shape index (κ3) is 3.45. The third-order valence-electron chi connectivity index (χ3n) is 4.64. The maximum Gasteiger partial charge on any atom is 0.247 e. The van der Waals surface area contributed by atoms with Crippen LogP contribution in [-0.4, -0.2) is 34.5 Å². The lowest BCUT2D eigenvalue weighted by Crippen LogP contribution is -2.33. The molecular weight excluding hydrogens is 364 g/mol. The number of carbonyl (C=O) groups excluding carboxylic acids is 1. The van der Waals surface area contributed by atoms with E-state index in [-0.39, 0.29) is 22.4 Å². The van der Waals surface area contributed by atoms with Crippen LogP contribution in [0.2, 0.25) is 0 Å². The van der Waals surface area contributed by atoms with Crippen LogP contribution in [0.25, 0.3) is 0 Å². The molecule has 1 saturated carbocycles. The minimum Gasteiger partial charge on any atom is -0.273 e. The van der Waals surface area contributed by atoms with E-state index in [2.05, 4.69) is 4.72 Å². The maximum absolute atomic E-state index is 12.4. The molecule has 0 spiro atoms. The van der Waals surface area contributed by atoms with Crippen LogP contribution in [0.4, 0.5) is 5.69 Å². The number of hydrogen-bond acceptors (Lipinski definition) is 5. The van der Waals surface area contributed by atoms with Crippen molar-refractivity contribution in [3.05, 3.63) is 24.3 Å². The van der Waals surface area contributed by atoms with Crippen LogP contribution < -0.4 is 9.03 Å². The van der Waals surface area contributed by atoms with Gasteiger partial charge in [-0.25, -0.2) is 25.9 Å². The molecule has 0 bridgehead atoms. The largest absolute Gasteiger partial charge is 0.273 e. The molecule has 1 aliphatic carbocycles. The Balaban J connectivity index is 1.86. The van der Waals surface area contributed by atoms with Gasteiger partial charge in [-0.3, -0.25) is 4.79 Å². The highest BCUT2D eigenvalue weighted by Crippen LogP contribution is 2.36. The minimum atomic E-state index is -3.75. The number of sulfonamides is 2. The lowest BCUT2D eigenvalue weighted by Gasteiger charge is -2.18. The Morgan fingerprint density at radius 3 is 2.16 bits per heavy atom. The second-order valence-corrected chi connectivity index (χ2v) is 10.8. The summed E-state index contributed by atoms with van der Waals surface area (Å²) in [6.45, 7) is 3.16. The second-order valence-electron chi connectivity index (χ2n) is 7.31. The number of carbonyl (C=O) groups is 1. The Bertz CT molecular complexity index is 883. The number of nitrogens with one attached hydrogen (secondary N) is 1. The molecule has 0 atom stereocenters. The Morgan fingerprint density at radius 1 is 1.12 bits per heavy atom. The number of benzene rings is 1. The summed E-state index contributed by atoms with van der Waals surface area (Å²) in [5, 5.41) is 0. The Hall–Kier alpha value is -1.45. The van der Waals surface area contributed by atoms with Gasteiger partial charge in [0.2, 0.25) is 26.0 Å². The number of nitrogens with zero attached hydrogens (tertiary/aromatic N) is 1. The lowest BCUT2D eigenvalue weighted by molar-refractivity contribution is -0.123. The van der Waals surface area contributed by atoms with Crippen molar-refractivity contribution in [3.8, 4) is 0 Å². The fourth-order valence-electron chi connectivity index (χ4n) is 3.35. The van der Waals surface area contributed by atoms with E-state index in [9.17, 15) is 21.6 Å². The molecule has 9 heteroatoms. The molecule has 0 unspecified atom stereocenters. The highest BCUT2D eigenvalue weighted by atomic mass is 32.2. The topological polar surface area (TPSA) is 101 Å². The van der Waals surface area contributed by atoms with Gasteiger partial charge in [0.1, 0.15) is 0 Å². The molecule has 1 N–H and O–H groups in total. The van der Waals surface area contributed by atoms with Gasteiger partial charge in [-0.1, -0.05) is 12.8 Å². The average molecular weight is 386 g/mol. The highest BCUT2D eigenvalue weighted by molar-refractivity contribution is 7.94. The van der Waals surface area contributed by atoms with Gasteiger partial charge in [-0.2, -0.15) is 0 Å². The van der Waals surface area contributed by atoms with Crippen LogP contribution in [0.15, 0.2) is 29.2 Å². The zero-order valence-electron chi connectivity index (χ0n) is 14.2. The fraction of sp³-hybridized carbons (Fsp3) is 0.562. The van der Waals surface area contributed by atoms with Crippen LogP contribution in [0.5, 0.6) is 0 Å². The van der Waals surface area contributed by atoms with Crippen LogP contribution in [0, 0.1) is 5.41 Å². The molecule has 7 nitrogen and oxygen atoms in total. The summed E-state index contributed by atoms with van der Waals surface area (Å²) in [6, 6.07) is 5.34. The predicted molar refractivity (Wildman–Crippen MR) is 94.1 cm³/mol. The van der Waals surface area contributed by atoms with E-state index < -0.39 is 31.4 Å². The van der Waals surface area contributed by atoms with E-state index in [4.69, 9.17) is 0 Å². The number of anilines is 1. The van der Waals surface area contributed by atoms with Gasteiger partial charge >= 0.3 is 0 Å². The first-order chi connectivity index (χ1) is 11.5. The summed E-state index contributed by atoms with van der Waals surface area (Å²) < 4.78 is 52.8. The van der Waals surface area contributed by atoms with Crippen molar-refractivity contribution in [3.63, 3.8) is 0 Å². The molecule has 25 heavy (non-hydrogen) atoms. The van der Waals surface area contributed by atoms with Crippen LogP contribution in [0.1, 0.15) is 39.5 Å². The molecule has 1 saturated heterocycles. The van der Waals surface area contributed by atoms with Crippen molar-refractivity contribution < 1.29 is 21.6 Å². The summed E-state index contributed by atoms with van der Waals surface area (Å²) in [7, 11) is -7.40. The zero-order valence-corrected chi connectivity index (χ0v) is 15.9. The van der Waals surface area contributed by atoms with Gasteiger partial charge in [-0.15, -0.1) is 0 Å². The van der Waals surface area contributed by atoms with Gasteiger partial charge in [0.05, 0.1) is 21.8 Å². The van der Waals surface area contributed by atoms with Gasteiger partial charge in [0, 0.05) is 6.04 Å². The number of hydrogen-bond donors (Lipinski definition) is 1. The van der Waals surface area contributed by atoms with E-state index in [1.54, 1.807) is 13.8 Å². The fourth-order valence-corrected chi connectivity index (χ4v) is 6.77. The van der Waals surface area contributed by atoms with Gasteiger partial charge in [0.25, 0.3) is 0 Å². The molecular formula is C16H22N2O5S2. The molecule has 1 aromatic rings. The molecule has 2 aliphatic rings. The quantitative estimate of drug-likeness (QED) is 0.847. The number of amides is 1. The normalized spacial score (nSPS) is 23.3. The van der Waals surface area contributed by atoms with Crippen molar-refractivity contribution in [1.82, 2.24) is 4.72 Å². The maximum atomic E-state index is 12.4. The van der Waals surface area contributed by atoms with Crippen LogP contribution in [0.3, 0.4) is 0 Å². The third-order valence-corrected chi connectivity index (χ3v) is 8.20. The first-order valence-electron chi connectivity index (χ1n) is 8.23. The minimum absolute atomic E-state index is 0.0500. The van der Waals surface area contributed by atoms with Crippen molar-refractivity contribution in [2.24, 2.45) is 5.41 Å².